The van der Waals surface area contributed by atoms with Crippen LogP contribution in [-0.2, 0) is 0 Å². The third-order valence-electron chi connectivity index (χ3n) is 3.16. The fourth-order valence-corrected chi connectivity index (χ4v) is 2.21. The van der Waals surface area contributed by atoms with Crippen molar-refractivity contribution in [3.63, 3.8) is 0 Å². The molecule has 0 atom stereocenters. The Morgan fingerprint density at radius 3 is 2.72 bits per heavy atom. The quantitative estimate of drug-likeness (QED) is 0.828. The van der Waals surface area contributed by atoms with Crippen molar-refractivity contribution in [2.75, 3.05) is 25.1 Å². The first-order valence-electron chi connectivity index (χ1n) is 6.62. The lowest BCUT2D eigenvalue weighted by molar-refractivity contribution is 0.297. The van der Waals surface area contributed by atoms with Crippen LogP contribution in [0.2, 0.25) is 0 Å². The monoisotopic (exact) mass is 246 g/mol. The van der Waals surface area contributed by atoms with Crippen LogP contribution in [-0.4, -0.2) is 25.6 Å². The van der Waals surface area contributed by atoms with Gasteiger partial charge < -0.3 is 14.8 Å². The molecule has 1 N–H and O–H groups in total. The molecule has 0 spiro atoms. The predicted molar refractivity (Wildman–Crippen MR) is 71.8 cm³/mol. The van der Waals surface area contributed by atoms with Gasteiger partial charge in [-0.1, -0.05) is 0 Å². The maximum atomic E-state index is 5.67. The molecule has 0 saturated heterocycles. The molecule has 2 aliphatic rings. The van der Waals surface area contributed by atoms with Crippen LogP contribution in [0, 0.1) is 0 Å². The van der Waals surface area contributed by atoms with Crippen LogP contribution in [0.15, 0.2) is 23.2 Å². The average molecular weight is 246 g/mol. The lowest BCUT2D eigenvalue weighted by Gasteiger charge is -2.15. The highest BCUT2D eigenvalue weighted by Crippen LogP contribution is 2.32. The third kappa shape index (κ3) is 2.58. The van der Waals surface area contributed by atoms with E-state index in [0.717, 1.165) is 55.6 Å². The first-order valence-corrected chi connectivity index (χ1v) is 6.62. The zero-order chi connectivity index (χ0) is 12.2. The Kier molecular flexibility index (Phi) is 3.35. The van der Waals surface area contributed by atoms with Gasteiger partial charge in [0.15, 0.2) is 11.5 Å². The summed E-state index contributed by atoms with van der Waals surface area (Å²) < 4.78 is 11.3. The molecule has 2 aliphatic heterocycles. The highest BCUT2D eigenvalue weighted by Gasteiger charge is 2.12. The number of hydrogen-bond donors (Lipinski definition) is 1. The molecule has 0 aromatic heterocycles. The molecule has 18 heavy (non-hydrogen) atoms. The molecule has 0 radical (unpaired) electrons. The molecule has 0 unspecified atom stereocenters. The van der Waals surface area contributed by atoms with Crippen molar-refractivity contribution in [1.29, 1.82) is 0 Å². The number of rotatable bonds is 1. The van der Waals surface area contributed by atoms with Crippen LogP contribution >= 0.6 is 0 Å². The second-order valence-electron chi connectivity index (χ2n) is 4.62. The van der Waals surface area contributed by atoms with Crippen molar-refractivity contribution in [1.82, 2.24) is 0 Å². The SMILES string of the molecule is c1cc2c(cc1NC1=NCCCC1)OCCCO2. The number of amidine groups is 1. The molecule has 0 amide bonds. The summed E-state index contributed by atoms with van der Waals surface area (Å²) in [6.07, 6.45) is 4.39. The fraction of sp³-hybridized carbons (Fsp3) is 0.500. The molecule has 1 aromatic rings. The highest BCUT2D eigenvalue weighted by atomic mass is 16.5. The topological polar surface area (TPSA) is 42.9 Å². The number of ether oxygens (including phenoxy) is 2. The maximum Gasteiger partial charge on any atom is 0.163 e. The number of hydrogen-bond acceptors (Lipinski definition) is 4. The number of benzene rings is 1. The Labute approximate surface area is 107 Å². The van der Waals surface area contributed by atoms with E-state index in [2.05, 4.69) is 10.3 Å². The predicted octanol–water partition coefficient (Wildman–Crippen LogP) is 2.84. The zero-order valence-electron chi connectivity index (χ0n) is 10.4. The molecule has 4 nitrogen and oxygen atoms in total. The molecular weight excluding hydrogens is 228 g/mol. The van der Waals surface area contributed by atoms with Crippen molar-refractivity contribution < 1.29 is 9.47 Å². The summed E-state index contributed by atoms with van der Waals surface area (Å²) in [4.78, 5) is 4.49. The van der Waals surface area contributed by atoms with E-state index < -0.39 is 0 Å². The third-order valence-corrected chi connectivity index (χ3v) is 3.16. The Balaban J connectivity index is 1.76. The Morgan fingerprint density at radius 1 is 1.00 bits per heavy atom. The number of nitrogens with one attached hydrogen (secondary N) is 1. The van der Waals surface area contributed by atoms with Crippen molar-refractivity contribution in [2.45, 2.75) is 25.7 Å². The van der Waals surface area contributed by atoms with Crippen LogP contribution < -0.4 is 14.8 Å². The van der Waals surface area contributed by atoms with E-state index >= 15 is 0 Å². The molecule has 0 aliphatic carbocycles. The van der Waals surface area contributed by atoms with Crippen LogP contribution in [0.1, 0.15) is 25.7 Å². The Hall–Kier alpha value is -1.71. The standard InChI is InChI=1S/C14H18N2O2/c1-2-7-15-14(4-1)16-11-5-6-12-13(10-11)18-9-3-8-17-12/h5-6,10H,1-4,7-9H2,(H,15,16). The summed E-state index contributed by atoms with van der Waals surface area (Å²) >= 11 is 0. The van der Waals surface area contributed by atoms with Gasteiger partial charge in [-0.2, -0.15) is 0 Å². The van der Waals surface area contributed by atoms with E-state index in [1.165, 1.54) is 12.8 Å². The second kappa shape index (κ2) is 5.29. The number of aliphatic imine (C=N–C) groups is 1. The largest absolute Gasteiger partial charge is 0.490 e. The van der Waals surface area contributed by atoms with Crippen molar-refractivity contribution in [3.05, 3.63) is 18.2 Å². The Morgan fingerprint density at radius 2 is 1.89 bits per heavy atom. The molecule has 2 heterocycles. The first kappa shape index (κ1) is 11.4. The molecule has 3 rings (SSSR count). The molecule has 0 saturated carbocycles. The van der Waals surface area contributed by atoms with Gasteiger partial charge in [0.05, 0.1) is 13.2 Å². The zero-order valence-corrected chi connectivity index (χ0v) is 10.4. The van der Waals surface area contributed by atoms with Gasteiger partial charge in [0.2, 0.25) is 0 Å². The van der Waals surface area contributed by atoms with Gasteiger partial charge in [0.25, 0.3) is 0 Å². The van der Waals surface area contributed by atoms with Crippen LogP contribution in [0.25, 0.3) is 0 Å². The number of fused-ring (bicyclic) bond motifs is 1. The van der Waals surface area contributed by atoms with E-state index in [0.29, 0.717) is 0 Å². The smallest absolute Gasteiger partial charge is 0.163 e. The van der Waals surface area contributed by atoms with Crippen LogP contribution in [0.5, 0.6) is 11.5 Å². The van der Waals surface area contributed by atoms with Gasteiger partial charge in [0, 0.05) is 31.1 Å². The maximum absolute atomic E-state index is 5.67. The summed E-state index contributed by atoms with van der Waals surface area (Å²) in [5.41, 5.74) is 1.03. The van der Waals surface area contributed by atoms with E-state index in [4.69, 9.17) is 9.47 Å². The highest BCUT2D eigenvalue weighted by molar-refractivity contribution is 5.96. The second-order valence-corrected chi connectivity index (χ2v) is 4.62. The fourth-order valence-electron chi connectivity index (χ4n) is 2.21. The summed E-state index contributed by atoms with van der Waals surface area (Å²) in [6.45, 7) is 2.39. The van der Waals surface area contributed by atoms with Gasteiger partial charge in [0.1, 0.15) is 5.84 Å². The molecule has 0 bridgehead atoms. The molecule has 1 aromatic carbocycles. The molecule has 4 heteroatoms. The van der Waals surface area contributed by atoms with Crippen LogP contribution in [0.3, 0.4) is 0 Å². The number of nitrogens with zero attached hydrogens (tertiary/aromatic N) is 1. The minimum absolute atomic E-state index is 0.720. The van der Waals surface area contributed by atoms with Crippen molar-refractivity contribution >= 4 is 11.5 Å². The van der Waals surface area contributed by atoms with Crippen molar-refractivity contribution in [2.24, 2.45) is 4.99 Å². The van der Waals surface area contributed by atoms with E-state index in [1.54, 1.807) is 0 Å². The average Bonchev–Trinajstić information content (AvgIpc) is 2.64. The minimum Gasteiger partial charge on any atom is -0.490 e. The molecule has 96 valence electrons. The van der Waals surface area contributed by atoms with Gasteiger partial charge in [-0.15, -0.1) is 0 Å². The van der Waals surface area contributed by atoms with E-state index in [9.17, 15) is 0 Å². The van der Waals surface area contributed by atoms with E-state index in [-0.39, 0.29) is 0 Å². The summed E-state index contributed by atoms with van der Waals surface area (Å²) in [6, 6.07) is 5.98. The lowest BCUT2D eigenvalue weighted by atomic mass is 10.1. The summed E-state index contributed by atoms with van der Waals surface area (Å²) in [7, 11) is 0. The van der Waals surface area contributed by atoms with Gasteiger partial charge in [-0.05, 0) is 25.0 Å². The van der Waals surface area contributed by atoms with Gasteiger partial charge in [-0.25, -0.2) is 0 Å². The minimum atomic E-state index is 0.720. The Bertz CT molecular complexity index is 457. The van der Waals surface area contributed by atoms with Gasteiger partial charge >= 0.3 is 0 Å². The number of anilines is 1. The van der Waals surface area contributed by atoms with E-state index in [1.807, 2.05) is 18.2 Å². The van der Waals surface area contributed by atoms with Crippen molar-refractivity contribution in [3.8, 4) is 11.5 Å². The molecular formula is C14H18N2O2. The lowest BCUT2D eigenvalue weighted by Crippen LogP contribution is -2.16. The van der Waals surface area contributed by atoms with Gasteiger partial charge in [-0.3, -0.25) is 4.99 Å². The summed E-state index contributed by atoms with van der Waals surface area (Å²) in [5.74, 6) is 2.74. The molecule has 0 fully saturated rings. The normalized spacial score (nSPS) is 18.8. The summed E-state index contributed by atoms with van der Waals surface area (Å²) in [5, 5.41) is 3.37. The first-order chi connectivity index (χ1) is 8.92. The van der Waals surface area contributed by atoms with Crippen LogP contribution in [0.4, 0.5) is 5.69 Å².